The van der Waals surface area contributed by atoms with Gasteiger partial charge in [0.2, 0.25) is 0 Å². The van der Waals surface area contributed by atoms with Crippen LogP contribution in [0.15, 0.2) is 46.9 Å². The van der Waals surface area contributed by atoms with E-state index >= 15 is 0 Å². The van der Waals surface area contributed by atoms with E-state index in [-0.39, 0.29) is 15.8 Å². The Kier molecular flexibility index (Phi) is 5.52. The molecule has 1 N–H and O–H groups in total. The molecule has 0 fully saturated rings. The van der Waals surface area contributed by atoms with E-state index in [4.69, 9.17) is 62.4 Å². The first kappa shape index (κ1) is 18.4. The van der Waals surface area contributed by atoms with Crippen molar-refractivity contribution in [2.24, 2.45) is 0 Å². The van der Waals surface area contributed by atoms with Crippen LogP contribution in [-0.2, 0) is 0 Å². The van der Waals surface area contributed by atoms with Gasteiger partial charge in [-0.15, -0.1) is 0 Å². The van der Waals surface area contributed by atoms with Crippen molar-refractivity contribution in [3.05, 3.63) is 73.3 Å². The van der Waals surface area contributed by atoms with Gasteiger partial charge in [-0.3, -0.25) is 4.79 Å². The van der Waals surface area contributed by atoms with Gasteiger partial charge in [-0.25, -0.2) is 0 Å². The average molecular weight is 436 g/mol. The van der Waals surface area contributed by atoms with Crippen LogP contribution in [0.5, 0.6) is 0 Å². The molecule has 1 amide bonds. The lowest BCUT2D eigenvalue weighted by Gasteiger charge is -2.07. The summed E-state index contributed by atoms with van der Waals surface area (Å²) >= 11 is 30.0. The minimum atomic E-state index is -0.496. The molecular weight excluding hydrogens is 427 g/mol. The van der Waals surface area contributed by atoms with Gasteiger partial charge in [-0.05, 0) is 36.4 Å². The van der Waals surface area contributed by atoms with Gasteiger partial charge in [-0.1, -0.05) is 64.1 Å². The zero-order chi connectivity index (χ0) is 18.1. The van der Waals surface area contributed by atoms with Crippen LogP contribution in [0.25, 0.3) is 11.3 Å². The molecule has 0 aliphatic heterocycles. The van der Waals surface area contributed by atoms with Gasteiger partial charge in [0.15, 0.2) is 5.76 Å². The minimum absolute atomic E-state index is 0.0770. The summed E-state index contributed by atoms with van der Waals surface area (Å²) in [4.78, 5) is 12.4. The summed E-state index contributed by atoms with van der Waals surface area (Å²) in [6.07, 6.45) is 0. The van der Waals surface area contributed by atoms with E-state index in [0.717, 1.165) is 0 Å². The van der Waals surface area contributed by atoms with Crippen LogP contribution < -0.4 is 5.32 Å². The summed E-state index contributed by atoms with van der Waals surface area (Å²) in [5, 5.41) is 4.18. The van der Waals surface area contributed by atoms with E-state index < -0.39 is 5.91 Å². The lowest BCUT2D eigenvalue weighted by atomic mass is 10.2. The molecule has 0 aliphatic carbocycles. The minimum Gasteiger partial charge on any atom is -0.451 e. The third-order valence-corrected chi connectivity index (χ3v) is 5.16. The molecule has 3 rings (SSSR count). The van der Waals surface area contributed by atoms with Gasteiger partial charge in [0.1, 0.15) is 5.76 Å². The Morgan fingerprint density at radius 2 is 1.56 bits per heavy atom. The number of hydrogen-bond acceptors (Lipinski definition) is 2. The summed E-state index contributed by atoms with van der Waals surface area (Å²) in [5.74, 6) is -0.00393. The number of benzene rings is 2. The van der Waals surface area contributed by atoms with Crippen molar-refractivity contribution in [2.75, 3.05) is 5.32 Å². The normalized spacial score (nSPS) is 10.8. The van der Waals surface area contributed by atoms with Gasteiger partial charge in [0.05, 0.1) is 30.8 Å². The van der Waals surface area contributed by atoms with E-state index in [2.05, 4.69) is 5.32 Å². The number of halogens is 5. The molecule has 0 radical (unpaired) electrons. The molecule has 1 aromatic heterocycles. The number of nitrogens with one attached hydrogen (secondary N) is 1. The first-order valence-corrected chi connectivity index (χ1v) is 8.76. The van der Waals surface area contributed by atoms with Gasteiger partial charge in [0.25, 0.3) is 5.91 Å². The molecule has 0 saturated heterocycles. The zero-order valence-electron chi connectivity index (χ0n) is 12.2. The summed E-state index contributed by atoms with van der Waals surface area (Å²) in [6, 6.07) is 11.2. The largest absolute Gasteiger partial charge is 0.451 e. The first-order valence-electron chi connectivity index (χ1n) is 6.87. The quantitative estimate of drug-likeness (QED) is 0.434. The Labute approximate surface area is 168 Å². The highest BCUT2D eigenvalue weighted by Gasteiger charge is 2.17. The summed E-state index contributed by atoms with van der Waals surface area (Å²) in [7, 11) is 0. The summed E-state index contributed by atoms with van der Waals surface area (Å²) < 4.78 is 5.58. The number of carbonyl (C=O) groups is 1. The smallest absolute Gasteiger partial charge is 0.291 e. The predicted octanol–water partition coefficient (Wildman–Crippen LogP) is 7.47. The van der Waals surface area contributed by atoms with Crippen LogP contribution in [0.3, 0.4) is 0 Å². The van der Waals surface area contributed by atoms with Crippen LogP contribution in [-0.4, -0.2) is 5.91 Å². The maximum absolute atomic E-state index is 12.4. The van der Waals surface area contributed by atoms with Gasteiger partial charge in [-0.2, -0.15) is 0 Å². The summed E-state index contributed by atoms with van der Waals surface area (Å²) in [6.45, 7) is 0. The number of carbonyl (C=O) groups excluding carboxylic acids is 1. The maximum Gasteiger partial charge on any atom is 0.291 e. The predicted molar refractivity (Wildman–Crippen MR) is 104 cm³/mol. The van der Waals surface area contributed by atoms with E-state index in [1.807, 2.05) is 0 Å². The Morgan fingerprint density at radius 3 is 2.32 bits per heavy atom. The highest BCUT2D eigenvalue weighted by atomic mass is 35.5. The molecule has 3 nitrogen and oxygen atoms in total. The van der Waals surface area contributed by atoms with Gasteiger partial charge < -0.3 is 9.73 Å². The number of anilines is 1. The van der Waals surface area contributed by atoms with E-state index in [1.165, 1.54) is 18.2 Å². The topological polar surface area (TPSA) is 42.2 Å². The molecule has 0 atom stereocenters. The van der Waals surface area contributed by atoms with Crippen LogP contribution in [0.2, 0.25) is 25.1 Å². The number of hydrogen-bond donors (Lipinski definition) is 1. The molecule has 0 spiro atoms. The molecule has 25 heavy (non-hydrogen) atoms. The molecule has 0 bridgehead atoms. The van der Waals surface area contributed by atoms with Crippen LogP contribution in [0.4, 0.5) is 5.69 Å². The second-order valence-corrected chi connectivity index (χ2v) is 6.97. The molecule has 0 aliphatic rings. The molecule has 128 valence electrons. The molecule has 2 aromatic carbocycles. The van der Waals surface area contributed by atoms with Crippen LogP contribution in [0.1, 0.15) is 10.6 Å². The average Bonchev–Trinajstić information content (AvgIpc) is 3.05. The first-order chi connectivity index (χ1) is 11.9. The van der Waals surface area contributed by atoms with E-state index in [9.17, 15) is 4.79 Å². The standard InChI is InChI=1S/C17H8Cl5NO2/c18-9-3-1-2-8(16(9)22)14-4-5-15(25-14)17(24)23-13-7-11(20)10(19)6-12(13)21/h1-7H,(H,23,24). The molecular formula is C17H8Cl5NO2. The van der Waals surface area contributed by atoms with Gasteiger partial charge >= 0.3 is 0 Å². The van der Waals surface area contributed by atoms with E-state index in [1.54, 1.807) is 24.3 Å². The Morgan fingerprint density at radius 1 is 0.840 bits per heavy atom. The van der Waals surface area contributed by atoms with Gasteiger partial charge in [0, 0.05) is 5.56 Å². The second-order valence-electron chi connectivity index (χ2n) is 4.97. The number of rotatable bonds is 3. The van der Waals surface area contributed by atoms with Crippen molar-refractivity contribution in [1.29, 1.82) is 0 Å². The molecule has 3 aromatic rings. The highest BCUT2D eigenvalue weighted by Crippen LogP contribution is 2.35. The Hall–Kier alpha value is -1.36. The fourth-order valence-electron chi connectivity index (χ4n) is 2.10. The van der Waals surface area contributed by atoms with Crippen LogP contribution >= 0.6 is 58.0 Å². The van der Waals surface area contributed by atoms with Crippen LogP contribution in [0, 0.1) is 0 Å². The molecule has 0 saturated carbocycles. The Bertz CT molecular complexity index is 968. The third kappa shape index (κ3) is 3.91. The third-order valence-electron chi connectivity index (χ3n) is 3.31. The molecule has 1 heterocycles. The summed E-state index contributed by atoms with van der Waals surface area (Å²) in [5.41, 5.74) is 0.903. The maximum atomic E-state index is 12.4. The van der Waals surface area contributed by atoms with Crippen molar-refractivity contribution in [3.63, 3.8) is 0 Å². The lowest BCUT2D eigenvalue weighted by molar-refractivity contribution is 0.0997. The molecule has 0 unspecified atom stereocenters. The van der Waals surface area contributed by atoms with E-state index in [0.29, 0.717) is 32.1 Å². The molecule has 8 heteroatoms. The van der Waals surface area contributed by atoms with Crippen molar-refractivity contribution in [1.82, 2.24) is 0 Å². The number of furan rings is 1. The SMILES string of the molecule is O=C(Nc1cc(Cl)c(Cl)cc1Cl)c1ccc(-c2cccc(Cl)c2Cl)o1. The monoisotopic (exact) mass is 433 g/mol. The lowest BCUT2D eigenvalue weighted by Crippen LogP contribution is -2.11. The number of amides is 1. The fourth-order valence-corrected chi connectivity index (χ4v) is 3.09. The zero-order valence-corrected chi connectivity index (χ0v) is 16.0. The Balaban J connectivity index is 1.86. The second kappa shape index (κ2) is 7.48. The van der Waals surface area contributed by atoms with Crippen molar-refractivity contribution in [3.8, 4) is 11.3 Å². The fraction of sp³-hybridized carbons (Fsp3) is 0. The van der Waals surface area contributed by atoms with Crippen molar-refractivity contribution >= 4 is 69.6 Å². The van der Waals surface area contributed by atoms with Crippen molar-refractivity contribution in [2.45, 2.75) is 0 Å². The van der Waals surface area contributed by atoms with Crippen molar-refractivity contribution < 1.29 is 9.21 Å². The highest BCUT2D eigenvalue weighted by molar-refractivity contribution is 6.44.